The summed E-state index contributed by atoms with van der Waals surface area (Å²) in [6.07, 6.45) is 3.10. The molecule has 5 heteroatoms. The van der Waals surface area contributed by atoms with E-state index in [-0.39, 0.29) is 5.75 Å². The van der Waals surface area contributed by atoms with Gasteiger partial charge in [0, 0.05) is 13.1 Å². The van der Waals surface area contributed by atoms with Crippen molar-refractivity contribution in [3.63, 3.8) is 0 Å². The van der Waals surface area contributed by atoms with Crippen LogP contribution >= 0.6 is 0 Å². The maximum Gasteiger partial charge on any atom is 0.214 e. The molecule has 1 aliphatic carbocycles. The molecule has 0 spiro atoms. The van der Waals surface area contributed by atoms with Crippen LogP contribution in [0.5, 0.6) is 0 Å². The zero-order chi connectivity index (χ0) is 12.0. The first-order chi connectivity index (χ1) is 7.60. The molecule has 1 rings (SSSR count). The Morgan fingerprint density at radius 3 is 2.50 bits per heavy atom. The van der Waals surface area contributed by atoms with Gasteiger partial charge in [0.2, 0.25) is 10.0 Å². The molecular weight excluding hydrogens is 224 g/mol. The fourth-order valence-electron chi connectivity index (χ4n) is 1.71. The highest BCUT2D eigenvalue weighted by molar-refractivity contribution is 7.89. The van der Waals surface area contributed by atoms with E-state index in [1.54, 1.807) is 4.31 Å². The minimum absolute atomic E-state index is 0.278. The topological polar surface area (TPSA) is 49.4 Å². The van der Waals surface area contributed by atoms with Crippen molar-refractivity contribution in [3.8, 4) is 0 Å². The van der Waals surface area contributed by atoms with Crippen molar-refractivity contribution in [3.05, 3.63) is 0 Å². The van der Waals surface area contributed by atoms with Gasteiger partial charge in [0.1, 0.15) is 0 Å². The number of nitrogens with zero attached hydrogens (tertiary/aromatic N) is 1. The molecule has 0 radical (unpaired) electrons. The van der Waals surface area contributed by atoms with Crippen LogP contribution in [0.2, 0.25) is 0 Å². The SMILES string of the molecule is CCNCCCS(=O)(=O)N(CC)CC1CC1. The standard InChI is InChI=1S/C11H24N2O2S/c1-3-12-8-5-9-16(14,15)13(4-2)10-11-6-7-11/h11-12H,3-10H2,1-2H3. The summed E-state index contributed by atoms with van der Waals surface area (Å²) in [7, 11) is -3.01. The highest BCUT2D eigenvalue weighted by Crippen LogP contribution is 2.30. The Kier molecular flexibility index (Phi) is 5.72. The monoisotopic (exact) mass is 248 g/mol. The third-order valence-electron chi connectivity index (χ3n) is 2.91. The third-order valence-corrected chi connectivity index (χ3v) is 4.91. The first kappa shape index (κ1) is 13.9. The first-order valence-electron chi connectivity index (χ1n) is 6.28. The van der Waals surface area contributed by atoms with Gasteiger partial charge in [0.15, 0.2) is 0 Å². The third kappa shape index (κ3) is 4.80. The van der Waals surface area contributed by atoms with Crippen LogP contribution < -0.4 is 5.32 Å². The molecule has 1 saturated carbocycles. The van der Waals surface area contributed by atoms with Crippen molar-refractivity contribution < 1.29 is 8.42 Å². The van der Waals surface area contributed by atoms with Crippen molar-refractivity contribution in [2.45, 2.75) is 33.1 Å². The number of nitrogens with one attached hydrogen (secondary N) is 1. The Morgan fingerprint density at radius 1 is 1.31 bits per heavy atom. The average molecular weight is 248 g/mol. The van der Waals surface area contributed by atoms with Crippen LogP contribution in [0.3, 0.4) is 0 Å². The quantitative estimate of drug-likeness (QED) is 0.620. The fourth-order valence-corrected chi connectivity index (χ4v) is 3.31. The lowest BCUT2D eigenvalue weighted by molar-refractivity contribution is 0.411. The van der Waals surface area contributed by atoms with Gasteiger partial charge in [0.25, 0.3) is 0 Å². The highest BCUT2D eigenvalue weighted by Gasteiger charge is 2.29. The van der Waals surface area contributed by atoms with Gasteiger partial charge >= 0.3 is 0 Å². The average Bonchev–Trinajstić information content (AvgIpc) is 3.04. The van der Waals surface area contributed by atoms with E-state index in [1.165, 1.54) is 12.8 Å². The predicted octanol–water partition coefficient (Wildman–Crippen LogP) is 1.05. The van der Waals surface area contributed by atoms with Crippen molar-refractivity contribution in [2.24, 2.45) is 5.92 Å². The van der Waals surface area contributed by atoms with E-state index in [0.29, 0.717) is 18.9 Å². The van der Waals surface area contributed by atoms with Crippen molar-refractivity contribution in [1.29, 1.82) is 0 Å². The minimum Gasteiger partial charge on any atom is -0.317 e. The maximum absolute atomic E-state index is 12.0. The van der Waals surface area contributed by atoms with Crippen molar-refractivity contribution in [1.82, 2.24) is 9.62 Å². The Hall–Kier alpha value is -0.130. The minimum atomic E-state index is -3.01. The van der Waals surface area contributed by atoms with E-state index in [1.807, 2.05) is 13.8 Å². The molecule has 0 aromatic carbocycles. The van der Waals surface area contributed by atoms with Crippen LogP contribution in [0.4, 0.5) is 0 Å². The molecule has 1 N–H and O–H groups in total. The highest BCUT2D eigenvalue weighted by atomic mass is 32.2. The molecule has 0 bridgehead atoms. The Bertz CT molecular complexity index is 286. The summed E-state index contributed by atoms with van der Waals surface area (Å²) in [6.45, 7) is 6.99. The van der Waals surface area contributed by atoms with Gasteiger partial charge in [-0.2, -0.15) is 0 Å². The molecule has 0 aliphatic heterocycles. The molecule has 0 saturated heterocycles. The van der Waals surface area contributed by atoms with E-state index in [2.05, 4.69) is 5.32 Å². The van der Waals surface area contributed by atoms with Gasteiger partial charge in [-0.3, -0.25) is 0 Å². The van der Waals surface area contributed by atoms with Crippen LogP contribution in [-0.4, -0.2) is 44.7 Å². The molecule has 0 atom stereocenters. The number of hydrogen-bond donors (Lipinski definition) is 1. The second kappa shape index (κ2) is 6.57. The van der Waals surface area contributed by atoms with Gasteiger partial charge in [0.05, 0.1) is 5.75 Å². The number of sulfonamides is 1. The number of rotatable bonds is 9. The maximum atomic E-state index is 12.0. The van der Waals surface area contributed by atoms with E-state index < -0.39 is 10.0 Å². The van der Waals surface area contributed by atoms with Crippen molar-refractivity contribution >= 4 is 10.0 Å². The molecule has 0 amide bonds. The van der Waals surface area contributed by atoms with E-state index in [0.717, 1.165) is 19.6 Å². The fraction of sp³-hybridized carbons (Fsp3) is 1.00. The lowest BCUT2D eigenvalue weighted by atomic mass is 10.4. The molecule has 0 unspecified atom stereocenters. The zero-order valence-corrected chi connectivity index (χ0v) is 11.2. The Labute approximate surface area is 99.5 Å². The van der Waals surface area contributed by atoms with Gasteiger partial charge in [-0.1, -0.05) is 13.8 Å². The zero-order valence-electron chi connectivity index (χ0n) is 10.4. The number of hydrogen-bond acceptors (Lipinski definition) is 3. The lowest BCUT2D eigenvalue weighted by Crippen LogP contribution is -2.35. The summed E-state index contributed by atoms with van der Waals surface area (Å²) in [5, 5.41) is 3.15. The Balaban J connectivity index is 2.33. The van der Waals surface area contributed by atoms with Crippen LogP contribution in [0.15, 0.2) is 0 Å². The summed E-state index contributed by atoms with van der Waals surface area (Å²) >= 11 is 0. The molecule has 0 aromatic rings. The van der Waals surface area contributed by atoms with Gasteiger partial charge < -0.3 is 5.32 Å². The van der Waals surface area contributed by atoms with Crippen LogP contribution in [0, 0.1) is 5.92 Å². The summed E-state index contributed by atoms with van der Waals surface area (Å²) in [5.74, 6) is 0.907. The van der Waals surface area contributed by atoms with Gasteiger partial charge in [-0.05, 0) is 38.3 Å². The normalized spacial score (nSPS) is 16.9. The summed E-state index contributed by atoms with van der Waals surface area (Å²) in [4.78, 5) is 0. The van der Waals surface area contributed by atoms with E-state index in [9.17, 15) is 8.42 Å². The van der Waals surface area contributed by atoms with Gasteiger partial charge in [-0.15, -0.1) is 0 Å². The molecular formula is C11H24N2O2S. The molecule has 0 heterocycles. The molecule has 1 fully saturated rings. The second-order valence-corrected chi connectivity index (χ2v) is 6.51. The first-order valence-corrected chi connectivity index (χ1v) is 7.89. The summed E-state index contributed by atoms with van der Waals surface area (Å²) < 4.78 is 25.6. The summed E-state index contributed by atoms with van der Waals surface area (Å²) in [5.41, 5.74) is 0. The lowest BCUT2D eigenvalue weighted by Gasteiger charge is -2.20. The molecule has 4 nitrogen and oxygen atoms in total. The van der Waals surface area contributed by atoms with E-state index in [4.69, 9.17) is 0 Å². The smallest absolute Gasteiger partial charge is 0.214 e. The van der Waals surface area contributed by atoms with Crippen LogP contribution in [0.25, 0.3) is 0 Å². The second-order valence-electron chi connectivity index (χ2n) is 4.42. The van der Waals surface area contributed by atoms with E-state index >= 15 is 0 Å². The molecule has 0 aromatic heterocycles. The molecule has 96 valence electrons. The molecule has 16 heavy (non-hydrogen) atoms. The predicted molar refractivity (Wildman–Crippen MR) is 66.9 cm³/mol. The van der Waals surface area contributed by atoms with Crippen molar-refractivity contribution in [2.75, 3.05) is 31.9 Å². The van der Waals surface area contributed by atoms with Crippen LogP contribution in [-0.2, 0) is 10.0 Å². The largest absolute Gasteiger partial charge is 0.317 e. The summed E-state index contributed by atoms with van der Waals surface area (Å²) in [6, 6.07) is 0. The van der Waals surface area contributed by atoms with Gasteiger partial charge in [-0.25, -0.2) is 12.7 Å². The van der Waals surface area contributed by atoms with Crippen LogP contribution in [0.1, 0.15) is 33.1 Å². The Morgan fingerprint density at radius 2 is 2.00 bits per heavy atom. The molecule has 1 aliphatic rings.